The van der Waals surface area contributed by atoms with E-state index in [0.29, 0.717) is 10.9 Å². The molecule has 1 atom stereocenters. The van der Waals surface area contributed by atoms with E-state index >= 15 is 0 Å². The van der Waals surface area contributed by atoms with Crippen LogP contribution in [0, 0.1) is 5.92 Å². The van der Waals surface area contributed by atoms with Gasteiger partial charge in [-0.05, 0) is 24.1 Å². The third kappa shape index (κ3) is 3.79. The number of alkyl halides is 1. The van der Waals surface area contributed by atoms with Crippen molar-refractivity contribution in [3.8, 4) is 5.75 Å². The van der Waals surface area contributed by atoms with Gasteiger partial charge in [0.1, 0.15) is 5.75 Å². The Morgan fingerprint density at radius 3 is 2.65 bits per heavy atom. The highest BCUT2D eigenvalue weighted by atomic mass is 35.5. The fraction of sp³-hybridized carbons (Fsp3) is 0.417. The van der Waals surface area contributed by atoms with Crippen LogP contribution in [0.2, 0.25) is 5.02 Å². The molecule has 0 aliphatic carbocycles. The molecule has 0 radical (unpaired) electrons. The number of hydrogen-bond acceptors (Lipinski definition) is 2. The fourth-order valence-corrected chi connectivity index (χ4v) is 1.95. The predicted octanol–water partition coefficient (Wildman–Crippen LogP) is 3.04. The van der Waals surface area contributed by atoms with Crippen LogP contribution < -0.4 is 5.32 Å². The summed E-state index contributed by atoms with van der Waals surface area (Å²) in [6.45, 7) is 3.94. The van der Waals surface area contributed by atoms with Crippen molar-refractivity contribution in [3.63, 3.8) is 0 Å². The van der Waals surface area contributed by atoms with Crippen molar-refractivity contribution in [3.05, 3.63) is 28.8 Å². The summed E-state index contributed by atoms with van der Waals surface area (Å²) in [6.07, 6.45) is 0. The second-order valence-corrected chi connectivity index (χ2v) is 4.86. The lowest BCUT2D eigenvalue weighted by molar-refractivity contribution is 0.0931. The third-order valence-electron chi connectivity index (χ3n) is 2.48. The molecule has 1 rings (SSSR count). The van der Waals surface area contributed by atoms with Gasteiger partial charge in [-0.2, -0.15) is 0 Å². The molecule has 0 saturated heterocycles. The summed E-state index contributed by atoms with van der Waals surface area (Å²) in [5.74, 6) is 0.240. The van der Waals surface area contributed by atoms with Gasteiger partial charge in [-0.15, -0.1) is 11.6 Å². The predicted molar refractivity (Wildman–Crippen MR) is 69.9 cm³/mol. The highest BCUT2D eigenvalue weighted by Crippen LogP contribution is 2.21. The molecule has 5 heteroatoms. The SMILES string of the molecule is CC(C)C(CCl)NC(=O)c1cc(O)ccc1Cl. The van der Waals surface area contributed by atoms with Crippen LogP contribution in [-0.4, -0.2) is 22.9 Å². The van der Waals surface area contributed by atoms with E-state index in [1.807, 2.05) is 13.8 Å². The van der Waals surface area contributed by atoms with Crippen molar-refractivity contribution >= 4 is 29.1 Å². The first kappa shape index (κ1) is 14.1. The average molecular weight is 276 g/mol. The Morgan fingerprint density at radius 1 is 1.47 bits per heavy atom. The minimum absolute atomic E-state index is 0.00604. The Balaban J connectivity index is 2.86. The van der Waals surface area contributed by atoms with E-state index in [1.54, 1.807) is 0 Å². The first-order valence-corrected chi connectivity index (χ1v) is 6.22. The zero-order valence-corrected chi connectivity index (χ0v) is 11.2. The van der Waals surface area contributed by atoms with E-state index in [1.165, 1.54) is 18.2 Å². The molecule has 2 N–H and O–H groups in total. The molecule has 0 bridgehead atoms. The van der Waals surface area contributed by atoms with Gasteiger partial charge < -0.3 is 10.4 Å². The molecule has 1 amide bonds. The van der Waals surface area contributed by atoms with Crippen molar-refractivity contribution in [2.45, 2.75) is 19.9 Å². The first-order valence-electron chi connectivity index (χ1n) is 5.31. The summed E-state index contributed by atoms with van der Waals surface area (Å²) in [4.78, 5) is 11.9. The molecule has 0 spiro atoms. The highest BCUT2D eigenvalue weighted by Gasteiger charge is 2.18. The Labute approximate surface area is 111 Å². The molecule has 0 saturated carbocycles. The topological polar surface area (TPSA) is 49.3 Å². The molecule has 0 fully saturated rings. The summed E-state index contributed by atoms with van der Waals surface area (Å²) >= 11 is 11.7. The average Bonchev–Trinajstić information content (AvgIpc) is 2.28. The minimum Gasteiger partial charge on any atom is -0.508 e. The van der Waals surface area contributed by atoms with E-state index in [2.05, 4.69) is 5.32 Å². The molecule has 0 aromatic heterocycles. The van der Waals surface area contributed by atoms with Gasteiger partial charge in [0.05, 0.1) is 10.6 Å². The number of benzene rings is 1. The third-order valence-corrected chi connectivity index (χ3v) is 3.14. The number of hydrogen-bond donors (Lipinski definition) is 2. The van der Waals surface area contributed by atoms with Gasteiger partial charge in [0.25, 0.3) is 5.91 Å². The van der Waals surface area contributed by atoms with Gasteiger partial charge in [0.2, 0.25) is 0 Å². The van der Waals surface area contributed by atoms with Gasteiger partial charge in [-0.3, -0.25) is 4.79 Å². The zero-order valence-electron chi connectivity index (χ0n) is 9.71. The first-order chi connectivity index (χ1) is 7.95. The maximum absolute atomic E-state index is 11.9. The van der Waals surface area contributed by atoms with Gasteiger partial charge in [0, 0.05) is 11.9 Å². The summed E-state index contributed by atoms with van der Waals surface area (Å²) in [6, 6.07) is 4.13. The normalized spacial score (nSPS) is 12.5. The van der Waals surface area contributed by atoms with Gasteiger partial charge in [-0.1, -0.05) is 25.4 Å². The van der Waals surface area contributed by atoms with Crippen molar-refractivity contribution in [1.29, 1.82) is 0 Å². The monoisotopic (exact) mass is 275 g/mol. The molecule has 3 nitrogen and oxygen atoms in total. The quantitative estimate of drug-likeness (QED) is 0.830. The number of nitrogens with one attached hydrogen (secondary N) is 1. The van der Waals surface area contributed by atoms with E-state index in [-0.39, 0.29) is 29.2 Å². The van der Waals surface area contributed by atoms with E-state index in [9.17, 15) is 9.90 Å². The second kappa shape index (κ2) is 6.12. The number of amides is 1. The van der Waals surface area contributed by atoms with Gasteiger partial charge in [0.15, 0.2) is 0 Å². The molecular weight excluding hydrogens is 261 g/mol. The van der Waals surface area contributed by atoms with Crippen molar-refractivity contribution < 1.29 is 9.90 Å². The van der Waals surface area contributed by atoms with Crippen LogP contribution in [0.4, 0.5) is 0 Å². The van der Waals surface area contributed by atoms with Gasteiger partial charge in [-0.25, -0.2) is 0 Å². The smallest absolute Gasteiger partial charge is 0.253 e. The number of rotatable bonds is 4. The molecule has 1 unspecified atom stereocenters. The van der Waals surface area contributed by atoms with E-state index in [0.717, 1.165) is 0 Å². The highest BCUT2D eigenvalue weighted by molar-refractivity contribution is 6.33. The summed E-state index contributed by atoms with van der Waals surface area (Å²) in [5, 5.41) is 12.4. The standard InChI is InChI=1S/C12H15Cl2NO2/c1-7(2)11(6-13)15-12(17)9-5-8(16)3-4-10(9)14/h3-5,7,11,16H,6H2,1-2H3,(H,15,17). The Hall–Kier alpha value is -0.930. The molecular formula is C12H15Cl2NO2. The number of aromatic hydroxyl groups is 1. The maximum Gasteiger partial charge on any atom is 0.253 e. The molecule has 1 aromatic carbocycles. The number of phenols is 1. The largest absolute Gasteiger partial charge is 0.508 e. The minimum atomic E-state index is -0.328. The van der Waals surface area contributed by atoms with Crippen molar-refractivity contribution in [2.24, 2.45) is 5.92 Å². The Morgan fingerprint density at radius 2 is 2.12 bits per heavy atom. The van der Waals surface area contributed by atoms with E-state index in [4.69, 9.17) is 23.2 Å². The maximum atomic E-state index is 11.9. The van der Waals surface area contributed by atoms with Crippen LogP contribution in [0.15, 0.2) is 18.2 Å². The lowest BCUT2D eigenvalue weighted by atomic mass is 10.1. The molecule has 0 aliphatic rings. The fourth-order valence-electron chi connectivity index (χ4n) is 1.32. The lowest BCUT2D eigenvalue weighted by Gasteiger charge is -2.20. The molecule has 94 valence electrons. The van der Waals surface area contributed by atoms with Crippen LogP contribution in [-0.2, 0) is 0 Å². The Kier molecular flexibility index (Phi) is 5.09. The lowest BCUT2D eigenvalue weighted by Crippen LogP contribution is -2.39. The Bertz CT molecular complexity index is 407. The summed E-state index contributed by atoms with van der Waals surface area (Å²) < 4.78 is 0. The van der Waals surface area contributed by atoms with Crippen LogP contribution in [0.25, 0.3) is 0 Å². The van der Waals surface area contributed by atoms with E-state index < -0.39 is 0 Å². The number of carbonyl (C=O) groups is 1. The van der Waals surface area contributed by atoms with Crippen LogP contribution in [0.1, 0.15) is 24.2 Å². The number of carbonyl (C=O) groups excluding carboxylic acids is 1. The van der Waals surface area contributed by atoms with Crippen molar-refractivity contribution in [2.75, 3.05) is 5.88 Å². The van der Waals surface area contributed by atoms with Crippen molar-refractivity contribution in [1.82, 2.24) is 5.32 Å². The molecule has 0 heterocycles. The molecule has 0 aliphatic heterocycles. The summed E-state index contributed by atoms with van der Waals surface area (Å²) in [7, 11) is 0. The number of phenolic OH excluding ortho intramolecular Hbond substituents is 1. The summed E-state index contributed by atoms with van der Waals surface area (Å²) in [5.41, 5.74) is 0.252. The second-order valence-electron chi connectivity index (χ2n) is 4.14. The molecule has 17 heavy (non-hydrogen) atoms. The van der Waals surface area contributed by atoms with Crippen LogP contribution in [0.5, 0.6) is 5.75 Å². The van der Waals surface area contributed by atoms with Gasteiger partial charge >= 0.3 is 0 Å². The molecule has 1 aromatic rings. The van der Waals surface area contributed by atoms with Crippen LogP contribution >= 0.6 is 23.2 Å². The number of halogens is 2. The van der Waals surface area contributed by atoms with Crippen LogP contribution in [0.3, 0.4) is 0 Å². The zero-order chi connectivity index (χ0) is 13.0.